The molecular formula is C8H11FN+. The second kappa shape index (κ2) is 3.30. The average molecular weight is 140 g/mol. The Morgan fingerprint density at radius 2 is 2.40 bits per heavy atom. The van der Waals surface area contributed by atoms with Crippen molar-refractivity contribution < 1.29 is 8.96 Å². The molecule has 0 spiro atoms. The maximum absolute atomic E-state index is 11.8. The van der Waals surface area contributed by atoms with Crippen molar-refractivity contribution >= 4 is 0 Å². The lowest BCUT2D eigenvalue weighted by molar-refractivity contribution is -0.697. The lowest BCUT2D eigenvalue weighted by Crippen LogP contribution is -2.33. The van der Waals surface area contributed by atoms with Crippen LogP contribution in [0.5, 0.6) is 0 Å². The summed E-state index contributed by atoms with van der Waals surface area (Å²) in [6.07, 6.45) is 3.80. The highest BCUT2D eigenvalue weighted by molar-refractivity contribution is 5.01. The number of aryl methyl sites for hydroxylation is 2. The summed E-state index contributed by atoms with van der Waals surface area (Å²) < 4.78 is 13.6. The van der Waals surface area contributed by atoms with Gasteiger partial charge in [-0.05, 0) is 13.0 Å². The number of hydrogen-bond acceptors (Lipinski definition) is 0. The van der Waals surface area contributed by atoms with Gasteiger partial charge in [0, 0.05) is 11.6 Å². The third kappa shape index (κ3) is 1.79. The van der Waals surface area contributed by atoms with Crippen molar-refractivity contribution in [3.05, 3.63) is 30.1 Å². The van der Waals surface area contributed by atoms with Crippen LogP contribution >= 0.6 is 0 Å². The van der Waals surface area contributed by atoms with Gasteiger partial charge in [-0.25, -0.2) is 8.96 Å². The van der Waals surface area contributed by atoms with E-state index >= 15 is 0 Å². The lowest BCUT2D eigenvalue weighted by atomic mass is 10.3. The Bertz CT molecular complexity index is 210. The first-order chi connectivity index (χ1) is 4.83. The Balaban J connectivity index is 2.75. The molecule has 0 amide bonds. The molecule has 0 aliphatic rings. The first kappa shape index (κ1) is 7.19. The maximum atomic E-state index is 11.8. The van der Waals surface area contributed by atoms with Crippen LogP contribution in [0.1, 0.15) is 5.56 Å². The van der Waals surface area contributed by atoms with Crippen LogP contribution in [0.2, 0.25) is 0 Å². The van der Waals surface area contributed by atoms with Gasteiger partial charge in [0.15, 0.2) is 18.9 Å². The molecule has 1 aromatic heterocycles. The Morgan fingerprint density at radius 1 is 1.60 bits per heavy atom. The number of alkyl halides is 1. The van der Waals surface area contributed by atoms with E-state index in [4.69, 9.17) is 0 Å². The van der Waals surface area contributed by atoms with Gasteiger partial charge in [-0.15, -0.1) is 0 Å². The van der Waals surface area contributed by atoms with Crippen LogP contribution in [-0.2, 0) is 6.54 Å². The molecule has 1 aromatic rings. The summed E-state index contributed by atoms with van der Waals surface area (Å²) in [6.45, 7) is 2.16. The molecule has 0 radical (unpaired) electrons. The predicted molar refractivity (Wildman–Crippen MR) is 37.3 cm³/mol. The SMILES string of the molecule is Cc1ccc[n+](CCF)c1. The first-order valence-corrected chi connectivity index (χ1v) is 3.34. The van der Waals surface area contributed by atoms with E-state index in [1.54, 1.807) is 0 Å². The van der Waals surface area contributed by atoms with E-state index in [9.17, 15) is 4.39 Å². The zero-order valence-corrected chi connectivity index (χ0v) is 6.05. The van der Waals surface area contributed by atoms with E-state index < -0.39 is 0 Å². The van der Waals surface area contributed by atoms with E-state index in [1.165, 1.54) is 0 Å². The van der Waals surface area contributed by atoms with Crippen molar-refractivity contribution in [3.8, 4) is 0 Å². The Labute approximate surface area is 60.1 Å². The van der Waals surface area contributed by atoms with E-state index in [0.29, 0.717) is 6.54 Å². The summed E-state index contributed by atoms with van der Waals surface area (Å²) >= 11 is 0. The van der Waals surface area contributed by atoms with Crippen molar-refractivity contribution in [3.63, 3.8) is 0 Å². The molecule has 0 aromatic carbocycles. The van der Waals surface area contributed by atoms with Crippen LogP contribution in [0.3, 0.4) is 0 Å². The second-order valence-electron chi connectivity index (χ2n) is 2.31. The zero-order valence-electron chi connectivity index (χ0n) is 6.05. The highest BCUT2D eigenvalue weighted by Crippen LogP contribution is 1.88. The molecule has 0 saturated carbocycles. The van der Waals surface area contributed by atoms with Gasteiger partial charge in [-0.2, -0.15) is 0 Å². The van der Waals surface area contributed by atoms with Gasteiger partial charge in [0.2, 0.25) is 0 Å². The fourth-order valence-corrected chi connectivity index (χ4v) is 0.890. The van der Waals surface area contributed by atoms with E-state index in [-0.39, 0.29) is 6.67 Å². The third-order valence-corrected chi connectivity index (χ3v) is 1.35. The third-order valence-electron chi connectivity index (χ3n) is 1.35. The predicted octanol–water partition coefficient (Wildman–Crippen LogP) is 1.25. The highest BCUT2D eigenvalue weighted by atomic mass is 19.1. The molecule has 0 atom stereocenters. The molecule has 1 heterocycles. The van der Waals surface area contributed by atoms with Gasteiger partial charge < -0.3 is 0 Å². The Kier molecular flexibility index (Phi) is 2.37. The molecule has 0 aliphatic heterocycles. The van der Waals surface area contributed by atoms with Gasteiger partial charge in [-0.1, -0.05) is 0 Å². The molecule has 0 bridgehead atoms. The molecule has 2 heteroatoms. The van der Waals surface area contributed by atoms with Crippen molar-refractivity contribution in [1.29, 1.82) is 0 Å². The van der Waals surface area contributed by atoms with Crippen molar-refractivity contribution in [2.24, 2.45) is 0 Å². The van der Waals surface area contributed by atoms with Gasteiger partial charge in [0.25, 0.3) is 0 Å². The van der Waals surface area contributed by atoms with E-state index in [0.717, 1.165) is 5.56 Å². The zero-order chi connectivity index (χ0) is 7.40. The largest absolute Gasteiger partial charge is 0.244 e. The fourth-order valence-electron chi connectivity index (χ4n) is 0.890. The summed E-state index contributed by atoms with van der Waals surface area (Å²) in [5.41, 5.74) is 1.16. The van der Waals surface area contributed by atoms with Crippen LogP contribution in [0, 0.1) is 6.92 Å². The molecule has 0 unspecified atom stereocenters. The molecule has 10 heavy (non-hydrogen) atoms. The summed E-state index contributed by atoms with van der Waals surface area (Å²) in [7, 11) is 0. The molecule has 0 aliphatic carbocycles. The van der Waals surface area contributed by atoms with Gasteiger partial charge in [0.1, 0.15) is 6.67 Å². The number of nitrogens with zero attached hydrogens (tertiary/aromatic N) is 1. The number of pyridine rings is 1. The quantitative estimate of drug-likeness (QED) is 0.544. The molecule has 1 rings (SSSR count). The van der Waals surface area contributed by atoms with Gasteiger partial charge >= 0.3 is 0 Å². The minimum absolute atomic E-state index is 0.297. The Morgan fingerprint density at radius 3 is 3.00 bits per heavy atom. The summed E-state index contributed by atoms with van der Waals surface area (Å²) in [6, 6.07) is 3.92. The number of hydrogen-bond donors (Lipinski definition) is 0. The van der Waals surface area contributed by atoms with E-state index in [2.05, 4.69) is 0 Å². The lowest BCUT2D eigenvalue weighted by Gasteiger charge is -1.91. The van der Waals surface area contributed by atoms with Crippen molar-refractivity contribution in [1.82, 2.24) is 0 Å². The normalized spacial score (nSPS) is 9.80. The molecule has 1 nitrogen and oxygen atoms in total. The highest BCUT2D eigenvalue weighted by Gasteiger charge is 1.96. The van der Waals surface area contributed by atoms with Gasteiger partial charge in [0.05, 0.1) is 0 Å². The van der Waals surface area contributed by atoms with E-state index in [1.807, 2.05) is 36.0 Å². The van der Waals surface area contributed by atoms with Crippen LogP contribution in [-0.4, -0.2) is 6.67 Å². The topological polar surface area (TPSA) is 3.88 Å². The van der Waals surface area contributed by atoms with Crippen LogP contribution < -0.4 is 4.57 Å². The second-order valence-corrected chi connectivity index (χ2v) is 2.31. The Hall–Kier alpha value is -0.920. The summed E-state index contributed by atoms with van der Waals surface area (Å²) in [5, 5.41) is 0. The molecular weight excluding hydrogens is 129 g/mol. The molecule has 0 N–H and O–H groups in total. The maximum Gasteiger partial charge on any atom is 0.176 e. The molecule has 54 valence electrons. The molecule has 0 saturated heterocycles. The smallest absolute Gasteiger partial charge is 0.176 e. The van der Waals surface area contributed by atoms with Gasteiger partial charge in [-0.3, -0.25) is 0 Å². The van der Waals surface area contributed by atoms with Crippen LogP contribution in [0.15, 0.2) is 24.5 Å². The summed E-state index contributed by atoms with van der Waals surface area (Å²) in [5.74, 6) is 0. The number of rotatable bonds is 2. The van der Waals surface area contributed by atoms with Crippen molar-refractivity contribution in [2.75, 3.05) is 6.67 Å². The fraction of sp³-hybridized carbons (Fsp3) is 0.375. The minimum atomic E-state index is -0.297. The van der Waals surface area contributed by atoms with Crippen molar-refractivity contribution in [2.45, 2.75) is 13.5 Å². The molecule has 0 fully saturated rings. The number of halogens is 1. The van der Waals surface area contributed by atoms with Crippen LogP contribution in [0.4, 0.5) is 4.39 Å². The number of aromatic nitrogens is 1. The standard InChI is InChI=1S/C8H11FN/c1-8-3-2-5-10(7-8)6-4-9/h2-3,5,7H,4,6H2,1H3/q+1. The average Bonchev–Trinajstić information content (AvgIpc) is 1.88. The van der Waals surface area contributed by atoms with Crippen LogP contribution in [0.25, 0.3) is 0 Å². The minimum Gasteiger partial charge on any atom is -0.244 e. The monoisotopic (exact) mass is 140 g/mol. The first-order valence-electron chi connectivity index (χ1n) is 3.34. The summed E-state index contributed by atoms with van der Waals surface area (Å²) in [4.78, 5) is 0.